The van der Waals surface area contributed by atoms with E-state index in [0.717, 1.165) is 34.9 Å². The maximum absolute atomic E-state index is 6.14. The van der Waals surface area contributed by atoms with Gasteiger partial charge in [-0.25, -0.2) is 4.98 Å². The normalized spacial score (nSPS) is 11.3. The van der Waals surface area contributed by atoms with Crippen molar-refractivity contribution in [2.75, 3.05) is 0 Å². The van der Waals surface area contributed by atoms with E-state index in [2.05, 4.69) is 35.8 Å². The van der Waals surface area contributed by atoms with E-state index in [-0.39, 0.29) is 0 Å². The first-order valence-electron chi connectivity index (χ1n) is 7.89. The van der Waals surface area contributed by atoms with Crippen molar-refractivity contribution in [2.45, 2.75) is 20.4 Å². The summed E-state index contributed by atoms with van der Waals surface area (Å²) in [6.45, 7) is 4.80. The number of benzene rings is 2. The zero-order valence-electron chi connectivity index (χ0n) is 13.6. The van der Waals surface area contributed by atoms with Gasteiger partial charge in [0.05, 0.1) is 17.6 Å². The van der Waals surface area contributed by atoms with E-state index in [0.29, 0.717) is 5.02 Å². The Kier molecular flexibility index (Phi) is 3.66. The van der Waals surface area contributed by atoms with Crippen molar-refractivity contribution < 1.29 is 4.42 Å². The SMILES string of the molecule is Cc1ccc(-c2nc3cc(Cl)ccc3n2Cc2ccccc2C)o1. The molecular formula is C20H17ClN2O. The molecule has 0 fully saturated rings. The fourth-order valence-electron chi connectivity index (χ4n) is 2.96. The highest BCUT2D eigenvalue weighted by Gasteiger charge is 2.16. The Balaban J connectivity index is 1.92. The van der Waals surface area contributed by atoms with Crippen LogP contribution in [0.3, 0.4) is 0 Å². The lowest BCUT2D eigenvalue weighted by atomic mass is 10.1. The maximum Gasteiger partial charge on any atom is 0.177 e. The number of imidazole rings is 1. The summed E-state index contributed by atoms with van der Waals surface area (Å²) in [5.74, 6) is 2.47. The summed E-state index contributed by atoms with van der Waals surface area (Å²) in [6.07, 6.45) is 0. The quantitative estimate of drug-likeness (QED) is 0.486. The van der Waals surface area contributed by atoms with Gasteiger partial charge in [-0.15, -0.1) is 0 Å². The molecule has 0 bridgehead atoms. The highest BCUT2D eigenvalue weighted by Crippen LogP contribution is 2.29. The van der Waals surface area contributed by atoms with Crippen LogP contribution in [0.15, 0.2) is 59.0 Å². The molecule has 120 valence electrons. The Morgan fingerprint density at radius 2 is 1.88 bits per heavy atom. The number of hydrogen-bond acceptors (Lipinski definition) is 2. The van der Waals surface area contributed by atoms with Crippen LogP contribution in [0.25, 0.3) is 22.6 Å². The predicted molar refractivity (Wildman–Crippen MR) is 97.5 cm³/mol. The molecule has 0 aliphatic carbocycles. The third kappa shape index (κ3) is 2.61. The van der Waals surface area contributed by atoms with E-state index in [1.165, 1.54) is 11.1 Å². The Labute approximate surface area is 145 Å². The molecule has 2 aromatic carbocycles. The average Bonchev–Trinajstić information content (AvgIpc) is 3.13. The molecule has 4 rings (SSSR count). The Hall–Kier alpha value is -2.52. The second kappa shape index (κ2) is 5.84. The topological polar surface area (TPSA) is 31.0 Å². The van der Waals surface area contributed by atoms with Crippen LogP contribution in [-0.2, 0) is 6.54 Å². The molecule has 4 aromatic rings. The Bertz CT molecular complexity index is 1030. The summed E-state index contributed by atoms with van der Waals surface area (Å²) >= 11 is 6.14. The molecule has 0 unspecified atom stereocenters. The molecule has 3 nitrogen and oxygen atoms in total. The molecule has 0 aliphatic heterocycles. The third-order valence-electron chi connectivity index (χ3n) is 4.26. The number of rotatable bonds is 3. The summed E-state index contributed by atoms with van der Waals surface area (Å²) in [5, 5.41) is 0.685. The lowest BCUT2D eigenvalue weighted by Gasteiger charge is -2.10. The molecule has 2 aromatic heterocycles. The van der Waals surface area contributed by atoms with Crippen molar-refractivity contribution in [3.05, 3.63) is 76.5 Å². The molecule has 0 atom stereocenters. The van der Waals surface area contributed by atoms with Crippen molar-refractivity contribution in [3.63, 3.8) is 0 Å². The molecule has 0 N–H and O–H groups in total. The summed E-state index contributed by atoms with van der Waals surface area (Å²) in [6, 6.07) is 18.1. The monoisotopic (exact) mass is 336 g/mol. The summed E-state index contributed by atoms with van der Waals surface area (Å²) in [5.41, 5.74) is 4.44. The molecule has 0 amide bonds. The van der Waals surface area contributed by atoms with Gasteiger partial charge >= 0.3 is 0 Å². The number of furan rings is 1. The Morgan fingerprint density at radius 3 is 2.62 bits per heavy atom. The number of nitrogens with zero attached hydrogens (tertiary/aromatic N) is 2. The van der Waals surface area contributed by atoms with Gasteiger partial charge in [-0.1, -0.05) is 35.9 Å². The van der Waals surface area contributed by atoms with Gasteiger partial charge in [-0.3, -0.25) is 0 Å². The number of hydrogen-bond donors (Lipinski definition) is 0. The molecule has 0 radical (unpaired) electrons. The van der Waals surface area contributed by atoms with E-state index in [9.17, 15) is 0 Å². The molecular weight excluding hydrogens is 320 g/mol. The summed E-state index contributed by atoms with van der Waals surface area (Å²) in [4.78, 5) is 4.77. The van der Waals surface area contributed by atoms with Gasteiger partial charge in [0.15, 0.2) is 11.6 Å². The second-order valence-electron chi connectivity index (χ2n) is 5.99. The predicted octanol–water partition coefficient (Wildman–Crippen LogP) is 5.61. The fourth-order valence-corrected chi connectivity index (χ4v) is 3.13. The maximum atomic E-state index is 6.14. The van der Waals surface area contributed by atoms with E-state index < -0.39 is 0 Å². The molecule has 0 aliphatic rings. The smallest absolute Gasteiger partial charge is 0.177 e. The zero-order valence-corrected chi connectivity index (χ0v) is 14.3. The van der Waals surface area contributed by atoms with Crippen LogP contribution in [0.1, 0.15) is 16.9 Å². The largest absolute Gasteiger partial charge is 0.458 e. The van der Waals surface area contributed by atoms with E-state index in [4.69, 9.17) is 21.0 Å². The standard InChI is InChI=1S/C20H17ClN2O/c1-13-5-3-4-6-15(13)12-23-18-9-8-16(21)11-17(18)22-20(23)19-10-7-14(2)24-19/h3-11H,12H2,1-2H3. The lowest BCUT2D eigenvalue weighted by Crippen LogP contribution is -2.03. The van der Waals surface area contributed by atoms with Crippen LogP contribution in [0.5, 0.6) is 0 Å². The first-order valence-corrected chi connectivity index (χ1v) is 8.27. The van der Waals surface area contributed by atoms with Crippen LogP contribution >= 0.6 is 11.6 Å². The molecule has 0 spiro atoms. The third-order valence-corrected chi connectivity index (χ3v) is 4.50. The first kappa shape index (κ1) is 15.0. The zero-order chi connectivity index (χ0) is 16.7. The van der Waals surface area contributed by atoms with E-state index >= 15 is 0 Å². The van der Waals surface area contributed by atoms with Gasteiger partial charge in [0, 0.05) is 5.02 Å². The van der Waals surface area contributed by atoms with Crippen LogP contribution in [0.4, 0.5) is 0 Å². The summed E-state index contributed by atoms with van der Waals surface area (Å²) < 4.78 is 8.01. The van der Waals surface area contributed by atoms with Crippen LogP contribution < -0.4 is 0 Å². The van der Waals surface area contributed by atoms with Crippen molar-refractivity contribution in [1.82, 2.24) is 9.55 Å². The number of aromatic nitrogens is 2. The van der Waals surface area contributed by atoms with Crippen LogP contribution in [0.2, 0.25) is 5.02 Å². The van der Waals surface area contributed by atoms with Gasteiger partial charge in [0.2, 0.25) is 0 Å². The molecule has 0 saturated carbocycles. The van der Waals surface area contributed by atoms with Crippen LogP contribution in [0, 0.1) is 13.8 Å². The Morgan fingerprint density at radius 1 is 1.04 bits per heavy atom. The second-order valence-corrected chi connectivity index (χ2v) is 6.43. The van der Waals surface area contributed by atoms with Gasteiger partial charge < -0.3 is 8.98 Å². The lowest BCUT2D eigenvalue weighted by molar-refractivity contribution is 0.540. The van der Waals surface area contributed by atoms with Crippen molar-refractivity contribution >= 4 is 22.6 Å². The van der Waals surface area contributed by atoms with Gasteiger partial charge in [-0.05, 0) is 55.3 Å². The van der Waals surface area contributed by atoms with E-state index in [1.807, 2.05) is 37.3 Å². The number of halogens is 1. The molecule has 0 saturated heterocycles. The minimum Gasteiger partial charge on any atom is -0.458 e. The van der Waals surface area contributed by atoms with E-state index in [1.54, 1.807) is 0 Å². The average molecular weight is 337 g/mol. The van der Waals surface area contributed by atoms with Crippen LogP contribution in [-0.4, -0.2) is 9.55 Å². The number of fused-ring (bicyclic) bond motifs is 1. The fraction of sp³-hybridized carbons (Fsp3) is 0.150. The number of aryl methyl sites for hydroxylation is 2. The minimum absolute atomic E-state index is 0.685. The first-order chi connectivity index (χ1) is 11.6. The highest BCUT2D eigenvalue weighted by molar-refractivity contribution is 6.31. The van der Waals surface area contributed by atoms with Crippen molar-refractivity contribution in [3.8, 4) is 11.6 Å². The summed E-state index contributed by atoms with van der Waals surface area (Å²) in [7, 11) is 0. The van der Waals surface area contributed by atoms with Gasteiger partial charge in [-0.2, -0.15) is 0 Å². The van der Waals surface area contributed by atoms with Crippen molar-refractivity contribution in [2.24, 2.45) is 0 Å². The van der Waals surface area contributed by atoms with Crippen molar-refractivity contribution in [1.29, 1.82) is 0 Å². The van der Waals surface area contributed by atoms with Gasteiger partial charge in [0.25, 0.3) is 0 Å². The van der Waals surface area contributed by atoms with Gasteiger partial charge in [0.1, 0.15) is 5.76 Å². The molecule has 24 heavy (non-hydrogen) atoms. The molecule has 4 heteroatoms. The highest BCUT2D eigenvalue weighted by atomic mass is 35.5. The molecule has 2 heterocycles. The minimum atomic E-state index is 0.685.